The minimum absolute atomic E-state index is 0.185. The van der Waals surface area contributed by atoms with Gasteiger partial charge in [0.2, 0.25) is 6.10 Å². The van der Waals surface area contributed by atoms with Crippen LogP contribution in [0.2, 0.25) is 4.34 Å². The van der Waals surface area contributed by atoms with Gasteiger partial charge >= 0.3 is 0 Å². The normalized spacial score (nSPS) is 19.6. The highest BCUT2D eigenvalue weighted by atomic mass is 35.5. The fraction of sp³-hybridized carbons (Fsp3) is 0.333. The van der Waals surface area contributed by atoms with Crippen LogP contribution in [-0.4, -0.2) is 30.8 Å². The van der Waals surface area contributed by atoms with E-state index in [0.29, 0.717) is 10.8 Å². The van der Waals surface area contributed by atoms with Crippen LogP contribution < -0.4 is 10.2 Å². The summed E-state index contributed by atoms with van der Waals surface area (Å²) < 4.78 is 0.698. The second kappa shape index (κ2) is 7.06. The monoisotopic (exact) mass is 375 g/mol. The van der Waals surface area contributed by atoms with Crippen molar-refractivity contribution in [2.75, 3.05) is 23.3 Å². The van der Waals surface area contributed by atoms with E-state index in [1.165, 1.54) is 29.9 Å². The summed E-state index contributed by atoms with van der Waals surface area (Å²) in [6, 6.07) is 11.7. The summed E-state index contributed by atoms with van der Waals surface area (Å²) in [6.45, 7) is 2.21. The van der Waals surface area contributed by atoms with Crippen molar-refractivity contribution < 1.29 is 9.63 Å². The molecule has 4 rings (SSSR count). The number of benzene rings is 1. The van der Waals surface area contributed by atoms with Gasteiger partial charge in [0.25, 0.3) is 5.91 Å². The van der Waals surface area contributed by atoms with Gasteiger partial charge in [-0.15, -0.1) is 11.3 Å². The Morgan fingerprint density at radius 1 is 1.20 bits per heavy atom. The summed E-state index contributed by atoms with van der Waals surface area (Å²) in [7, 11) is 0. The number of thiophene rings is 1. The molecule has 3 heterocycles. The number of halogens is 1. The van der Waals surface area contributed by atoms with Gasteiger partial charge in [-0.3, -0.25) is 4.79 Å². The summed E-state index contributed by atoms with van der Waals surface area (Å²) in [5.74, 6) is -0.185. The molecule has 5 nitrogen and oxygen atoms in total. The first kappa shape index (κ1) is 16.4. The van der Waals surface area contributed by atoms with Crippen molar-refractivity contribution >= 4 is 45.9 Å². The first-order valence-corrected chi connectivity index (χ1v) is 9.53. The summed E-state index contributed by atoms with van der Waals surface area (Å²) in [5, 5.41) is 6.93. The molecule has 2 aliphatic rings. The molecule has 1 N–H and O–H groups in total. The number of rotatable bonds is 4. The van der Waals surface area contributed by atoms with E-state index in [0.717, 1.165) is 29.4 Å². The third-order valence-electron chi connectivity index (χ3n) is 4.42. The van der Waals surface area contributed by atoms with Crippen LogP contribution in [0.25, 0.3) is 0 Å². The van der Waals surface area contributed by atoms with Crippen LogP contribution in [0.3, 0.4) is 0 Å². The van der Waals surface area contributed by atoms with Crippen LogP contribution in [-0.2, 0) is 9.63 Å². The van der Waals surface area contributed by atoms with Gasteiger partial charge in [0, 0.05) is 30.9 Å². The van der Waals surface area contributed by atoms with E-state index < -0.39 is 6.10 Å². The number of carbonyl (C=O) groups excluding carboxylic acids is 1. The largest absolute Gasteiger partial charge is 0.382 e. The van der Waals surface area contributed by atoms with Crippen molar-refractivity contribution in [1.82, 2.24) is 0 Å². The van der Waals surface area contributed by atoms with E-state index in [-0.39, 0.29) is 5.91 Å². The molecule has 25 heavy (non-hydrogen) atoms. The molecule has 130 valence electrons. The van der Waals surface area contributed by atoms with Crippen LogP contribution in [0.15, 0.2) is 41.6 Å². The number of nitrogens with zero attached hydrogens (tertiary/aromatic N) is 2. The summed E-state index contributed by atoms with van der Waals surface area (Å²) in [4.78, 5) is 21.0. The van der Waals surface area contributed by atoms with Crippen molar-refractivity contribution in [3.05, 3.63) is 45.6 Å². The zero-order valence-electron chi connectivity index (χ0n) is 13.6. The second-order valence-corrected chi connectivity index (χ2v) is 7.89. The summed E-state index contributed by atoms with van der Waals surface area (Å²) in [6.07, 6.45) is 2.34. The van der Waals surface area contributed by atoms with Crippen molar-refractivity contribution in [2.24, 2.45) is 5.16 Å². The Morgan fingerprint density at radius 3 is 2.64 bits per heavy atom. The van der Waals surface area contributed by atoms with Crippen molar-refractivity contribution in [3.8, 4) is 0 Å². The van der Waals surface area contributed by atoms with Crippen molar-refractivity contribution in [1.29, 1.82) is 0 Å². The molecule has 1 atom stereocenters. The fourth-order valence-corrected chi connectivity index (χ4v) is 4.12. The van der Waals surface area contributed by atoms with E-state index in [2.05, 4.69) is 15.4 Å². The molecule has 2 aliphatic heterocycles. The molecule has 0 saturated carbocycles. The van der Waals surface area contributed by atoms with Gasteiger partial charge in [0.1, 0.15) is 5.71 Å². The average molecular weight is 376 g/mol. The van der Waals surface area contributed by atoms with Crippen LogP contribution in [0.5, 0.6) is 0 Å². The molecule has 1 amide bonds. The highest BCUT2D eigenvalue weighted by Crippen LogP contribution is 2.27. The Morgan fingerprint density at radius 2 is 1.96 bits per heavy atom. The van der Waals surface area contributed by atoms with E-state index in [4.69, 9.17) is 16.4 Å². The first-order valence-electron chi connectivity index (χ1n) is 8.33. The number of nitrogens with one attached hydrogen (secondary N) is 1. The van der Waals surface area contributed by atoms with Gasteiger partial charge in [-0.1, -0.05) is 16.8 Å². The molecule has 1 unspecified atom stereocenters. The lowest BCUT2D eigenvalue weighted by Gasteiger charge is -2.18. The van der Waals surface area contributed by atoms with Crippen molar-refractivity contribution in [3.63, 3.8) is 0 Å². The molecule has 1 aromatic heterocycles. The predicted octanol–water partition coefficient (Wildman–Crippen LogP) is 4.13. The molecular weight excluding hydrogens is 358 g/mol. The lowest BCUT2D eigenvalue weighted by atomic mass is 10.1. The Balaban J connectivity index is 1.35. The van der Waals surface area contributed by atoms with Crippen LogP contribution in [0, 0.1) is 0 Å². The van der Waals surface area contributed by atoms with Gasteiger partial charge in [-0.05, 0) is 49.2 Å². The Bertz CT molecular complexity index is 797. The molecule has 2 aromatic rings. The maximum Gasteiger partial charge on any atom is 0.268 e. The lowest BCUT2D eigenvalue weighted by Crippen LogP contribution is -2.28. The third-order valence-corrected chi connectivity index (χ3v) is 5.71. The molecule has 7 heteroatoms. The summed E-state index contributed by atoms with van der Waals surface area (Å²) in [5.41, 5.74) is 2.73. The van der Waals surface area contributed by atoms with Gasteiger partial charge < -0.3 is 15.1 Å². The van der Waals surface area contributed by atoms with Crippen molar-refractivity contribution in [2.45, 2.75) is 25.4 Å². The minimum Gasteiger partial charge on any atom is -0.382 e. The number of hydrogen-bond acceptors (Lipinski definition) is 5. The Labute approximate surface area is 155 Å². The number of anilines is 2. The van der Waals surface area contributed by atoms with E-state index >= 15 is 0 Å². The van der Waals surface area contributed by atoms with E-state index in [1.807, 2.05) is 36.4 Å². The van der Waals surface area contributed by atoms with Gasteiger partial charge in [-0.25, -0.2) is 0 Å². The SMILES string of the molecule is O=C(Nc1ccc(N2CCCC2)cc1)C1CC(c2ccc(Cl)s2)=NO1. The van der Waals surface area contributed by atoms with Gasteiger partial charge in [0.05, 0.1) is 9.21 Å². The van der Waals surface area contributed by atoms with Crippen LogP contribution >= 0.6 is 22.9 Å². The average Bonchev–Trinajstić information content (AvgIpc) is 3.36. The zero-order valence-corrected chi connectivity index (χ0v) is 15.1. The number of amides is 1. The maximum absolute atomic E-state index is 12.4. The van der Waals surface area contributed by atoms with Gasteiger partial charge in [0.15, 0.2) is 0 Å². The van der Waals surface area contributed by atoms with Crippen LogP contribution in [0.4, 0.5) is 11.4 Å². The highest BCUT2D eigenvalue weighted by Gasteiger charge is 2.29. The Kier molecular flexibility index (Phi) is 4.63. The zero-order chi connectivity index (χ0) is 17.2. The molecule has 1 fully saturated rings. The smallest absolute Gasteiger partial charge is 0.268 e. The molecule has 0 radical (unpaired) electrons. The third kappa shape index (κ3) is 3.65. The number of hydrogen-bond donors (Lipinski definition) is 1. The maximum atomic E-state index is 12.4. The molecular formula is C18H18ClN3O2S. The minimum atomic E-state index is -0.603. The summed E-state index contributed by atoms with van der Waals surface area (Å²) >= 11 is 7.38. The fourth-order valence-electron chi connectivity index (χ4n) is 3.09. The van der Waals surface area contributed by atoms with Crippen LogP contribution in [0.1, 0.15) is 24.1 Å². The molecule has 0 spiro atoms. The topological polar surface area (TPSA) is 53.9 Å². The molecule has 0 aliphatic carbocycles. The quantitative estimate of drug-likeness (QED) is 0.874. The van der Waals surface area contributed by atoms with E-state index in [9.17, 15) is 4.79 Å². The van der Waals surface area contributed by atoms with Gasteiger partial charge in [-0.2, -0.15) is 0 Å². The molecule has 1 aromatic carbocycles. The highest BCUT2D eigenvalue weighted by molar-refractivity contribution is 7.18. The lowest BCUT2D eigenvalue weighted by molar-refractivity contribution is -0.125. The van der Waals surface area contributed by atoms with E-state index in [1.54, 1.807) is 0 Å². The molecule has 1 saturated heterocycles. The number of carbonyl (C=O) groups is 1. The Hall–Kier alpha value is -2.05. The second-order valence-electron chi connectivity index (χ2n) is 6.17. The first-order chi connectivity index (χ1) is 12.2. The predicted molar refractivity (Wildman–Crippen MR) is 102 cm³/mol. The number of oxime groups is 1. The standard InChI is InChI=1S/C18H18ClN3O2S/c19-17-8-7-16(25-17)14-11-15(24-21-14)18(23)20-12-3-5-13(6-4-12)22-9-1-2-10-22/h3-8,15H,1-2,9-11H2,(H,20,23). The molecule has 0 bridgehead atoms.